The first-order valence-corrected chi connectivity index (χ1v) is 16.6. The Hall–Kier alpha value is -0.440. The van der Waals surface area contributed by atoms with Gasteiger partial charge in [-0.2, -0.15) is 8.42 Å². The van der Waals surface area contributed by atoms with Crippen LogP contribution in [-0.4, -0.2) is 39.7 Å². The van der Waals surface area contributed by atoms with Gasteiger partial charge in [-0.1, -0.05) is 84.9 Å². The Morgan fingerprint density at radius 2 is 1.03 bits per heavy atom. The first kappa shape index (κ1) is 30.6. The van der Waals surface area contributed by atoms with Gasteiger partial charge in [0, 0.05) is 7.26 Å². The molecule has 0 aliphatic heterocycles. The van der Waals surface area contributed by atoms with Crippen molar-refractivity contribution in [1.82, 2.24) is 0 Å². The first-order valence-electron chi connectivity index (χ1n) is 12.7. The largest absolute Gasteiger partial charge is 0.296 e. The summed E-state index contributed by atoms with van der Waals surface area (Å²) in [5.41, 5.74) is 0. The first-order chi connectivity index (χ1) is 14.9. The summed E-state index contributed by atoms with van der Waals surface area (Å²) in [4.78, 5) is 0.219. The van der Waals surface area contributed by atoms with E-state index >= 15 is 0 Å². The van der Waals surface area contributed by atoms with Crippen LogP contribution in [0.2, 0.25) is 0 Å². The van der Waals surface area contributed by atoms with E-state index < -0.39 is 17.4 Å². The molecule has 1 aromatic rings. The van der Waals surface area contributed by atoms with Crippen LogP contribution in [0.15, 0.2) is 35.2 Å². The molecule has 0 saturated carbocycles. The molecule has 0 heterocycles. The second kappa shape index (κ2) is 19.1. The fourth-order valence-electron chi connectivity index (χ4n) is 3.61. The highest BCUT2D eigenvalue weighted by Gasteiger charge is 2.34. The highest BCUT2D eigenvalue weighted by atomic mass is 32.2. The maximum Gasteiger partial charge on any atom is 0.296 e. The molecule has 1 rings (SSSR count). The van der Waals surface area contributed by atoms with Crippen molar-refractivity contribution in [3.05, 3.63) is 30.3 Å². The molecule has 0 aliphatic carbocycles. The van der Waals surface area contributed by atoms with E-state index in [-0.39, 0.29) is 11.5 Å². The van der Waals surface area contributed by atoms with E-state index in [1.54, 1.807) is 42.8 Å². The second-order valence-electron chi connectivity index (χ2n) is 8.59. The number of unbranched alkanes of at least 4 members (excludes halogenated alkanes) is 5. The lowest BCUT2D eigenvalue weighted by Gasteiger charge is -2.28. The van der Waals surface area contributed by atoms with Crippen LogP contribution in [0.1, 0.15) is 98.8 Å². The average molecular weight is 474 g/mol. The number of rotatable bonds is 17. The predicted molar refractivity (Wildman–Crippen MR) is 141 cm³/mol. The lowest BCUT2D eigenvalue weighted by atomic mass is 10.4. The van der Waals surface area contributed by atoms with E-state index in [4.69, 9.17) is 4.18 Å². The Morgan fingerprint density at radius 3 is 1.39 bits per heavy atom. The monoisotopic (exact) mass is 473 g/mol. The van der Waals surface area contributed by atoms with Crippen molar-refractivity contribution in [2.24, 2.45) is 0 Å². The van der Waals surface area contributed by atoms with Crippen molar-refractivity contribution in [3.8, 4) is 0 Å². The number of hydrogen-bond donors (Lipinski definition) is 0. The van der Waals surface area contributed by atoms with Gasteiger partial charge in [-0.15, -0.1) is 0 Å². The zero-order valence-corrected chi connectivity index (χ0v) is 22.8. The molecule has 0 aliphatic rings. The van der Waals surface area contributed by atoms with E-state index in [2.05, 4.69) is 27.7 Å². The van der Waals surface area contributed by atoms with Gasteiger partial charge in [-0.3, -0.25) is 4.18 Å². The molecule has 0 fully saturated rings. The van der Waals surface area contributed by atoms with Crippen LogP contribution in [-0.2, 0) is 14.3 Å². The molecule has 3 nitrogen and oxygen atoms in total. The smallest absolute Gasteiger partial charge is 0.266 e. The van der Waals surface area contributed by atoms with Gasteiger partial charge in [0.05, 0.1) is 36.2 Å². The fourth-order valence-corrected chi connectivity index (χ4v) is 9.87. The minimum atomic E-state index is -3.53. The van der Waals surface area contributed by atoms with Gasteiger partial charge in [0.1, 0.15) is 0 Å². The van der Waals surface area contributed by atoms with E-state index in [1.165, 1.54) is 63.5 Å². The standard InChI is InChI=1S/C16H36P.C10H14O3S/c1-5-9-13-17(14-10-6-2,15-11-7-3)16-12-8-4;1-2-3-9-13-14(11,12)10-7-5-4-6-8-10/h5-16H2,1-4H3;4-8H,2-3,9H2,1H3/q+1;. The van der Waals surface area contributed by atoms with Gasteiger partial charge in [0.15, 0.2) is 0 Å². The van der Waals surface area contributed by atoms with Crippen molar-refractivity contribution in [3.63, 3.8) is 0 Å². The minimum absolute atomic E-state index is 0.219. The van der Waals surface area contributed by atoms with Gasteiger partial charge < -0.3 is 0 Å². The van der Waals surface area contributed by atoms with Crippen molar-refractivity contribution in [2.45, 2.75) is 104 Å². The zero-order chi connectivity index (χ0) is 23.4. The van der Waals surface area contributed by atoms with E-state index in [1.807, 2.05) is 6.92 Å². The summed E-state index contributed by atoms with van der Waals surface area (Å²) in [5, 5.41) is 0. The highest BCUT2D eigenvalue weighted by molar-refractivity contribution is 7.86. The number of hydrogen-bond acceptors (Lipinski definition) is 3. The molecule has 0 bridgehead atoms. The lowest BCUT2D eigenvalue weighted by molar-refractivity contribution is 0.311. The molecular weight excluding hydrogens is 423 g/mol. The van der Waals surface area contributed by atoms with Crippen molar-refractivity contribution >= 4 is 17.4 Å². The van der Waals surface area contributed by atoms with Crippen LogP contribution in [0, 0.1) is 0 Å². The molecule has 0 atom stereocenters. The van der Waals surface area contributed by atoms with Gasteiger partial charge >= 0.3 is 0 Å². The van der Waals surface area contributed by atoms with Gasteiger partial charge in [0.25, 0.3) is 10.1 Å². The molecule has 1 aromatic carbocycles. The molecular formula is C26H50O3PS+. The third kappa shape index (κ3) is 14.3. The van der Waals surface area contributed by atoms with Gasteiger partial charge in [0.2, 0.25) is 0 Å². The van der Waals surface area contributed by atoms with Crippen molar-refractivity contribution in [1.29, 1.82) is 0 Å². The predicted octanol–water partition coefficient (Wildman–Crippen LogP) is 8.40. The molecule has 31 heavy (non-hydrogen) atoms. The SMILES string of the molecule is CCCCOS(=O)(=O)c1ccccc1.CCCC[P+](CCCC)(CCCC)CCCC. The summed E-state index contributed by atoms with van der Waals surface area (Å²) in [6.07, 6.45) is 19.6. The Balaban J connectivity index is 0.000000590. The summed E-state index contributed by atoms with van der Waals surface area (Å²) >= 11 is 0. The molecule has 0 aromatic heterocycles. The Kier molecular flexibility index (Phi) is 18.8. The van der Waals surface area contributed by atoms with Crippen LogP contribution in [0.25, 0.3) is 0 Å². The fraction of sp³-hybridized carbons (Fsp3) is 0.769. The van der Waals surface area contributed by atoms with Crippen LogP contribution >= 0.6 is 7.26 Å². The quantitative estimate of drug-likeness (QED) is 0.130. The lowest BCUT2D eigenvalue weighted by Crippen LogP contribution is -2.12. The summed E-state index contributed by atoms with van der Waals surface area (Å²) in [7, 11) is -4.09. The third-order valence-electron chi connectivity index (χ3n) is 5.71. The molecule has 0 radical (unpaired) electrons. The molecule has 0 N–H and O–H groups in total. The molecule has 0 unspecified atom stereocenters. The second-order valence-corrected chi connectivity index (χ2v) is 14.7. The highest BCUT2D eigenvalue weighted by Crippen LogP contribution is 2.61. The van der Waals surface area contributed by atoms with E-state index in [0.717, 1.165) is 12.8 Å². The zero-order valence-electron chi connectivity index (χ0n) is 21.1. The van der Waals surface area contributed by atoms with Crippen molar-refractivity contribution in [2.75, 3.05) is 31.3 Å². The Labute approximate surface area is 195 Å². The van der Waals surface area contributed by atoms with Crippen molar-refractivity contribution < 1.29 is 12.6 Å². The normalized spacial score (nSPS) is 11.8. The topological polar surface area (TPSA) is 43.4 Å². The van der Waals surface area contributed by atoms with E-state index in [0.29, 0.717) is 0 Å². The van der Waals surface area contributed by atoms with Crippen LogP contribution in [0.5, 0.6) is 0 Å². The number of benzene rings is 1. The van der Waals surface area contributed by atoms with E-state index in [9.17, 15) is 8.42 Å². The Bertz CT molecular complexity index is 579. The summed E-state index contributed by atoms with van der Waals surface area (Å²) in [6, 6.07) is 8.18. The van der Waals surface area contributed by atoms with Gasteiger partial charge in [-0.25, -0.2) is 0 Å². The van der Waals surface area contributed by atoms with Crippen LogP contribution in [0.4, 0.5) is 0 Å². The molecule has 0 spiro atoms. The van der Waals surface area contributed by atoms with Crippen LogP contribution < -0.4 is 0 Å². The minimum Gasteiger partial charge on any atom is -0.266 e. The summed E-state index contributed by atoms with van der Waals surface area (Å²) in [5.74, 6) is 0. The summed E-state index contributed by atoms with van der Waals surface area (Å²) < 4.78 is 27.8. The molecule has 0 amide bonds. The van der Waals surface area contributed by atoms with Crippen LogP contribution in [0.3, 0.4) is 0 Å². The maximum absolute atomic E-state index is 11.5. The van der Waals surface area contributed by atoms with Gasteiger partial charge in [-0.05, 0) is 44.2 Å². The molecule has 0 saturated heterocycles. The molecule has 182 valence electrons. The maximum atomic E-state index is 11.5. The Morgan fingerprint density at radius 1 is 0.645 bits per heavy atom. The summed E-state index contributed by atoms with van der Waals surface area (Å²) in [6.45, 7) is 11.7. The molecule has 5 heteroatoms. The third-order valence-corrected chi connectivity index (χ3v) is 12.1. The average Bonchev–Trinajstić information content (AvgIpc) is 2.79.